The molecule has 5 aliphatic rings. The van der Waals surface area contributed by atoms with Gasteiger partial charge in [0.15, 0.2) is 5.78 Å². The molecular weight excluding hydrogens is 488 g/mol. The molecule has 0 aromatic heterocycles. The van der Waals surface area contributed by atoms with Crippen LogP contribution in [0.1, 0.15) is 120 Å². The standard InChI is InChI=1S/C34H52O5/c1-21-25(39-23(3)36)18-24(37)28-30(21,6)11-10-26-31(28,7)13-14-33(9)27-19-29(4,5)12-16-34(27,20-38-22(2)35)17-15-32(26,33)8/h18,21,26-28H,10-17,19-20H2,1-9H3/t21-,26-,27-,28+,30+,31+,32+,33-,34+/m0/s1. The molecule has 218 valence electrons. The van der Waals surface area contributed by atoms with Crippen molar-refractivity contribution in [1.29, 1.82) is 0 Å². The molecule has 9 atom stereocenters. The van der Waals surface area contributed by atoms with E-state index in [2.05, 4.69) is 48.5 Å². The SMILES string of the molecule is CC(=O)OC[C@]12CCC(C)(C)C[C@H]1[C@]1(C)CC[C@@]3(C)[C@@H]4C(=O)C=C(OC(C)=O)[C@H](C)[C@@]4(C)CC[C@@H]3[C@@]1(C)CC2. The molecule has 0 saturated heterocycles. The zero-order chi connectivity index (χ0) is 28.8. The van der Waals surface area contributed by atoms with Crippen LogP contribution in [0.15, 0.2) is 11.8 Å². The van der Waals surface area contributed by atoms with E-state index in [1.807, 2.05) is 0 Å². The lowest BCUT2D eigenvalue weighted by atomic mass is 9.30. The third kappa shape index (κ3) is 4.02. The Morgan fingerprint density at radius 3 is 2.08 bits per heavy atom. The van der Waals surface area contributed by atoms with Crippen LogP contribution in [0, 0.1) is 56.2 Å². The lowest BCUT2D eigenvalue weighted by Gasteiger charge is -2.74. The van der Waals surface area contributed by atoms with Crippen LogP contribution in [0.5, 0.6) is 0 Å². The smallest absolute Gasteiger partial charge is 0.307 e. The molecule has 39 heavy (non-hydrogen) atoms. The Bertz CT molecular complexity index is 1100. The molecule has 0 unspecified atom stereocenters. The Kier molecular flexibility index (Phi) is 6.60. The monoisotopic (exact) mass is 540 g/mol. The lowest BCUT2D eigenvalue weighted by molar-refractivity contribution is -0.259. The van der Waals surface area contributed by atoms with Crippen molar-refractivity contribution in [1.82, 2.24) is 0 Å². The Morgan fingerprint density at radius 2 is 1.44 bits per heavy atom. The normalized spacial score (nSPS) is 48.4. The van der Waals surface area contributed by atoms with E-state index in [9.17, 15) is 14.4 Å². The van der Waals surface area contributed by atoms with Crippen molar-refractivity contribution >= 4 is 17.7 Å². The minimum Gasteiger partial charge on any atom is -0.465 e. The van der Waals surface area contributed by atoms with Crippen molar-refractivity contribution in [3.05, 3.63) is 11.8 Å². The molecule has 0 N–H and O–H groups in total. The van der Waals surface area contributed by atoms with E-state index in [1.165, 1.54) is 19.8 Å². The average molecular weight is 541 g/mol. The zero-order valence-corrected chi connectivity index (χ0v) is 26.0. The maximum absolute atomic E-state index is 14.0. The molecule has 0 radical (unpaired) electrons. The van der Waals surface area contributed by atoms with Gasteiger partial charge in [-0.15, -0.1) is 0 Å². The van der Waals surface area contributed by atoms with Crippen molar-refractivity contribution in [2.45, 2.75) is 120 Å². The summed E-state index contributed by atoms with van der Waals surface area (Å²) in [4.78, 5) is 37.8. The van der Waals surface area contributed by atoms with Crippen LogP contribution < -0.4 is 0 Å². The molecule has 5 rings (SSSR count). The predicted octanol–water partition coefficient (Wildman–Crippen LogP) is 7.67. The van der Waals surface area contributed by atoms with Crippen molar-refractivity contribution in [2.24, 2.45) is 56.2 Å². The van der Waals surface area contributed by atoms with E-state index < -0.39 is 0 Å². The van der Waals surface area contributed by atoms with Gasteiger partial charge in [0, 0.05) is 37.2 Å². The minimum absolute atomic E-state index is 0.0323. The van der Waals surface area contributed by atoms with Gasteiger partial charge in [-0.3, -0.25) is 14.4 Å². The van der Waals surface area contributed by atoms with E-state index in [0.717, 1.165) is 44.9 Å². The summed E-state index contributed by atoms with van der Waals surface area (Å²) < 4.78 is 11.4. The number of esters is 2. The van der Waals surface area contributed by atoms with Crippen LogP contribution in [-0.4, -0.2) is 24.3 Å². The van der Waals surface area contributed by atoms with Crippen molar-refractivity contribution < 1.29 is 23.9 Å². The van der Waals surface area contributed by atoms with Gasteiger partial charge in [-0.25, -0.2) is 0 Å². The Hall–Kier alpha value is -1.65. The molecule has 0 aliphatic heterocycles. The van der Waals surface area contributed by atoms with Gasteiger partial charge in [-0.1, -0.05) is 48.5 Å². The molecule has 5 aliphatic carbocycles. The van der Waals surface area contributed by atoms with E-state index in [0.29, 0.717) is 24.2 Å². The highest BCUT2D eigenvalue weighted by Crippen LogP contribution is 2.78. The fraction of sp³-hybridized carbons (Fsp3) is 0.853. The number of ketones is 1. The molecule has 0 bridgehead atoms. The minimum atomic E-state index is -0.348. The summed E-state index contributed by atoms with van der Waals surface area (Å²) >= 11 is 0. The number of rotatable bonds is 3. The van der Waals surface area contributed by atoms with Gasteiger partial charge in [0.1, 0.15) is 5.76 Å². The van der Waals surface area contributed by atoms with Crippen LogP contribution in [0.25, 0.3) is 0 Å². The average Bonchev–Trinajstić information content (AvgIpc) is 2.82. The van der Waals surface area contributed by atoms with Gasteiger partial charge in [0.2, 0.25) is 0 Å². The summed E-state index contributed by atoms with van der Waals surface area (Å²) in [5.74, 6) is 1.13. The van der Waals surface area contributed by atoms with Crippen LogP contribution >= 0.6 is 0 Å². The molecule has 4 fully saturated rings. The second-order valence-corrected chi connectivity index (χ2v) is 16.2. The lowest BCUT2D eigenvalue weighted by Crippen LogP contribution is -2.69. The summed E-state index contributed by atoms with van der Waals surface area (Å²) in [5, 5.41) is 0. The van der Waals surface area contributed by atoms with E-state index in [1.54, 1.807) is 13.0 Å². The maximum atomic E-state index is 14.0. The first-order valence-electron chi connectivity index (χ1n) is 15.5. The molecule has 5 nitrogen and oxygen atoms in total. The summed E-state index contributed by atoms with van der Waals surface area (Å²) in [6, 6.07) is 0. The first-order valence-corrected chi connectivity index (χ1v) is 15.5. The molecular formula is C34H52O5. The number of hydrogen-bond donors (Lipinski definition) is 0. The van der Waals surface area contributed by atoms with Gasteiger partial charge >= 0.3 is 11.9 Å². The van der Waals surface area contributed by atoms with Crippen molar-refractivity contribution in [3.63, 3.8) is 0 Å². The number of ether oxygens (including phenoxy) is 2. The summed E-state index contributed by atoms with van der Waals surface area (Å²) in [6.07, 6.45) is 11.6. The van der Waals surface area contributed by atoms with Crippen molar-refractivity contribution in [2.75, 3.05) is 6.61 Å². The predicted molar refractivity (Wildman–Crippen MR) is 151 cm³/mol. The fourth-order valence-electron chi connectivity index (χ4n) is 11.4. The largest absolute Gasteiger partial charge is 0.465 e. The van der Waals surface area contributed by atoms with Gasteiger partial charge in [0.05, 0.1) is 6.61 Å². The highest BCUT2D eigenvalue weighted by atomic mass is 16.5. The van der Waals surface area contributed by atoms with E-state index in [-0.39, 0.29) is 62.0 Å². The number of carbonyl (C=O) groups is 3. The first-order chi connectivity index (χ1) is 17.9. The van der Waals surface area contributed by atoms with Crippen LogP contribution in [-0.2, 0) is 23.9 Å². The quantitative estimate of drug-likeness (QED) is 0.344. The third-order valence-corrected chi connectivity index (χ3v) is 13.9. The first kappa shape index (κ1) is 28.9. The summed E-state index contributed by atoms with van der Waals surface area (Å²) in [5.41, 5.74) is 0.274. The highest BCUT2D eigenvalue weighted by Gasteiger charge is 2.72. The van der Waals surface area contributed by atoms with E-state index in [4.69, 9.17) is 9.47 Å². The Labute approximate surface area is 236 Å². The Balaban J connectivity index is 1.55. The second-order valence-electron chi connectivity index (χ2n) is 16.2. The third-order valence-electron chi connectivity index (χ3n) is 13.9. The summed E-state index contributed by atoms with van der Waals surface area (Å²) in [7, 11) is 0. The van der Waals surface area contributed by atoms with E-state index >= 15 is 0 Å². The second kappa shape index (κ2) is 8.92. The van der Waals surface area contributed by atoms with Gasteiger partial charge in [0.25, 0.3) is 0 Å². The molecule has 0 heterocycles. The molecule has 0 aromatic rings. The molecule has 4 saturated carbocycles. The van der Waals surface area contributed by atoms with Crippen LogP contribution in [0.2, 0.25) is 0 Å². The Morgan fingerprint density at radius 1 is 0.821 bits per heavy atom. The van der Waals surface area contributed by atoms with Crippen LogP contribution in [0.4, 0.5) is 0 Å². The fourth-order valence-corrected chi connectivity index (χ4v) is 11.4. The van der Waals surface area contributed by atoms with Gasteiger partial charge in [-0.05, 0) is 96.7 Å². The summed E-state index contributed by atoms with van der Waals surface area (Å²) in [6.45, 7) is 20.3. The maximum Gasteiger partial charge on any atom is 0.307 e. The number of carbonyl (C=O) groups excluding carboxylic acids is 3. The highest BCUT2D eigenvalue weighted by molar-refractivity contribution is 5.95. The molecule has 0 amide bonds. The number of hydrogen-bond acceptors (Lipinski definition) is 5. The topological polar surface area (TPSA) is 69.7 Å². The molecule has 5 heteroatoms. The molecule has 0 aromatic carbocycles. The van der Waals surface area contributed by atoms with Gasteiger partial charge < -0.3 is 9.47 Å². The van der Waals surface area contributed by atoms with Gasteiger partial charge in [-0.2, -0.15) is 0 Å². The number of fused-ring (bicyclic) bond motifs is 7. The van der Waals surface area contributed by atoms with Crippen LogP contribution in [0.3, 0.4) is 0 Å². The molecule has 0 spiro atoms. The number of allylic oxidation sites excluding steroid dienone is 2. The van der Waals surface area contributed by atoms with Crippen molar-refractivity contribution in [3.8, 4) is 0 Å². The zero-order valence-electron chi connectivity index (χ0n) is 26.0.